The Hall–Kier alpha value is -2.32. The van der Waals surface area contributed by atoms with Gasteiger partial charge in [-0.05, 0) is 63.8 Å². The molecule has 2 N–H and O–H groups in total. The molecule has 4 rings (SSSR count). The van der Waals surface area contributed by atoms with Crippen LogP contribution in [-0.4, -0.2) is 76.5 Å². The molecule has 3 heterocycles. The number of hydrogen-bond acceptors (Lipinski definition) is 4. The van der Waals surface area contributed by atoms with Gasteiger partial charge in [-0.2, -0.15) is 0 Å². The molecule has 0 bridgehead atoms. The van der Waals surface area contributed by atoms with Crippen LogP contribution in [0.2, 0.25) is 5.02 Å². The molecule has 2 unspecified atom stereocenters. The molecule has 3 aliphatic rings. The molecule has 0 aromatic heterocycles. The number of hydrogen-bond donors (Lipinski definition) is 2. The first-order chi connectivity index (χ1) is 15.3. The lowest BCUT2D eigenvalue weighted by molar-refractivity contribution is -0.166. The highest BCUT2D eigenvalue weighted by molar-refractivity contribution is 6.30. The number of nitrogens with one attached hydrogen (secondary N) is 2. The van der Waals surface area contributed by atoms with Gasteiger partial charge in [0.2, 0.25) is 5.91 Å². The number of amides is 4. The summed E-state index contributed by atoms with van der Waals surface area (Å²) in [6.07, 6.45) is 3.47. The van der Waals surface area contributed by atoms with E-state index in [1.54, 1.807) is 26.8 Å². The van der Waals surface area contributed by atoms with Gasteiger partial charge >= 0.3 is 6.03 Å². The predicted octanol–water partition coefficient (Wildman–Crippen LogP) is 2.17. The molecular formula is C23H32ClN5O3. The third kappa shape index (κ3) is 4.43. The Morgan fingerprint density at radius 2 is 2.00 bits per heavy atom. The topological polar surface area (TPSA) is 85.0 Å². The van der Waals surface area contributed by atoms with Crippen LogP contribution in [0.15, 0.2) is 24.3 Å². The van der Waals surface area contributed by atoms with Gasteiger partial charge in [0.15, 0.2) is 0 Å². The number of urea groups is 1. The molecule has 1 aromatic rings. The summed E-state index contributed by atoms with van der Waals surface area (Å²) in [5, 5.41) is 6.99. The first kappa shape index (κ1) is 22.9. The molecule has 32 heavy (non-hydrogen) atoms. The number of carbonyl (C=O) groups is 3. The summed E-state index contributed by atoms with van der Waals surface area (Å²) in [7, 11) is 0. The number of benzene rings is 1. The van der Waals surface area contributed by atoms with Crippen LogP contribution < -0.4 is 10.6 Å². The molecule has 1 spiro atoms. The number of likely N-dealkylation sites (tertiary alicyclic amines) is 1. The highest BCUT2D eigenvalue weighted by Crippen LogP contribution is 2.36. The maximum atomic E-state index is 13.7. The normalized spacial score (nSPS) is 26.4. The number of piperazine rings is 1. The minimum absolute atomic E-state index is 0.0474. The summed E-state index contributed by atoms with van der Waals surface area (Å²) in [6.45, 7) is 5.73. The molecule has 9 heteroatoms. The third-order valence-electron chi connectivity index (χ3n) is 6.80. The molecular weight excluding hydrogens is 430 g/mol. The van der Waals surface area contributed by atoms with Crippen molar-refractivity contribution in [2.45, 2.75) is 63.8 Å². The zero-order chi connectivity index (χ0) is 22.9. The van der Waals surface area contributed by atoms with Crippen LogP contribution in [0.1, 0.15) is 45.1 Å². The second-order valence-corrected chi connectivity index (χ2v) is 9.72. The number of nitrogens with zero attached hydrogens (tertiary/aromatic N) is 3. The van der Waals surface area contributed by atoms with E-state index in [9.17, 15) is 14.4 Å². The SMILES string of the molecule is CC(C)N1CC(=O)N(Cc2ccc(Cl)cc2)C2(CCN(C(=O)NC3CCCCN3)C2)C1=O. The average Bonchev–Trinajstić information content (AvgIpc) is 3.22. The Bertz CT molecular complexity index is 871. The van der Waals surface area contributed by atoms with E-state index in [0.29, 0.717) is 24.5 Å². The van der Waals surface area contributed by atoms with Crippen LogP contribution in [0.3, 0.4) is 0 Å². The van der Waals surface area contributed by atoms with Crippen molar-refractivity contribution in [3.63, 3.8) is 0 Å². The maximum absolute atomic E-state index is 13.7. The fourth-order valence-corrected chi connectivity index (χ4v) is 5.06. The molecule has 3 aliphatic heterocycles. The average molecular weight is 462 g/mol. The maximum Gasteiger partial charge on any atom is 0.318 e. The van der Waals surface area contributed by atoms with Crippen molar-refractivity contribution in [1.82, 2.24) is 25.3 Å². The second-order valence-electron chi connectivity index (χ2n) is 9.29. The summed E-state index contributed by atoms with van der Waals surface area (Å²) in [5.41, 5.74) is -0.140. The standard InChI is InChI=1S/C23H32ClN5O3/c1-16(2)28-14-20(30)29(13-17-6-8-18(24)9-7-17)23(21(28)31)10-12-27(15-23)22(32)26-19-5-3-4-11-25-19/h6-9,16,19,25H,3-5,10-15H2,1-2H3,(H,26,32). The van der Waals surface area contributed by atoms with E-state index in [2.05, 4.69) is 10.6 Å². The van der Waals surface area contributed by atoms with E-state index in [1.807, 2.05) is 26.0 Å². The molecule has 0 aliphatic carbocycles. The van der Waals surface area contributed by atoms with E-state index < -0.39 is 5.54 Å². The Kier molecular flexibility index (Phi) is 6.62. The van der Waals surface area contributed by atoms with Crippen LogP contribution in [0.5, 0.6) is 0 Å². The van der Waals surface area contributed by atoms with Crippen molar-refractivity contribution in [2.75, 3.05) is 26.2 Å². The summed E-state index contributed by atoms with van der Waals surface area (Å²) in [6, 6.07) is 7.04. The number of rotatable bonds is 4. The van der Waals surface area contributed by atoms with Crippen molar-refractivity contribution in [3.05, 3.63) is 34.9 Å². The highest BCUT2D eigenvalue weighted by atomic mass is 35.5. The molecule has 0 radical (unpaired) electrons. The molecule has 0 saturated carbocycles. The highest BCUT2D eigenvalue weighted by Gasteiger charge is 2.57. The molecule has 4 amide bonds. The first-order valence-corrected chi connectivity index (χ1v) is 11.8. The largest absolute Gasteiger partial charge is 0.329 e. The van der Waals surface area contributed by atoms with Crippen LogP contribution in [0.4, 0.5) is 4.79 Å². The smallest absolute Gasteiger partial charge is 0.318 e. The fourth-order valence-electron chi connectivity index (χ4n) is 4.93. The van der Waals surface area contributed by atoms with E-state index in [1.165, 1.54) is 0 Å². The van der Waals surface area contributed by atoms with Crippen LogP contribution in [-0.2, 0) is 16.1 Å². The first-order valence-electron chi connectivity index (χ1n) is 11.4. The Morgan fingerprint density at radius 1 is 1.25 bits per heavy atom. The van der Waals surface area contributed by atoms with Crippen molar-refractivity contribution in [2.24, 2.45) is 0 Å². The van der Waals surface area contributed by atoms with Gasteiger partial charge in [-0.15, -0.1) is 0 Å². The van der Waals surface area contributed by atoms with Crippen molar-refractivity contribution >= 4 is 29.4 Å². The van der Waals surface area contributed by atoms with E-state index in [-0.39, 0.29) is 43.1 Å². The lowest BCUT2D eigenvalue weighted by atomic mass is 9.89. The van der Waals surface area contributed by atoms with Gasteiger partial charge in [0.05, 0.1) is 12.7 Å². The zero-order valence-corrected chi connectivity index (χ0v) is 19.5. The number of carbonyl (C=O) groups excluding carboxylic acids is 3. The molecule has 3 saturated heterocycles. The minimum Gasteiger partial charge on any atom is -0.329 e. The minimum atomic E-state index is -1.05. The Morgan fingerprint density at radius 3 is 2.66 bits per heavy atom. The van der Waals surface area contributed by atoms with Gasteiger partial charge in [-0.3, -0.25) is 14.9 Å². The van der Waals surface area contributed by atoms with Gasteiger partial charge in [0.1, 0.15) is 12.1 Å². The predicted molar refractivity (Wildman–Crippen MR) is 122 cm³/mol. The monoisotopic (exact) mass is 461 g/mol. The van der Waals surface area contributed by atoms with E-state index in [0.717, 1.165) is 31.4 Å². The van der Waals surface area contributed by atoms with Crippen molar-refractivity contribution in [3.8, 4) is 0 Å². The van der Waals surface area contributed by atoms with E-state index in [4.69, 9.17) is 11.6 Å². The molecule has 174 valence electrons. The van der Waals surface area contributed by atoms with Crippen molar-refractivity contribution < 1.29 is 14.4 Å². The molecule has 8 nitrogen and oxygen atoms in total. The Balaban J connectivity index is 1.57. The van der Waals surface area contributed by atoms with E-state index >= 15 is 0 Å². The molecule has 3 fully saturated rings. The van der Waals surface area contributed by atoms with Crippen LogP contribution in [0.25, 0.3) is 0 Å². The van der Waals surface area contributed by atoms with Gasteiger partial charge < -0.3 is 20.0 Å². The molecule has 1 aromatic carbocycles. The van der Waals surface area contributed by atoms with Crippen molar-refractivity contribution in [1.29, 1.82) is 0 Å². The summed E-state index contributed by atoms with van der Waals surface area (Å²) >= 11 is 6.02. The Labute approximate surface area is 194 Å². The van der Waals surface area contributed by atoms with Gasteiger partial charge in [0, 0.05) is 24.2 Å². The molecule has 2 atom stereocenters. The quantitative estimate of drug-likeness (QED) is 0.719. The third-order valence-corrected chi connectivity index (χ3v) is 7.05. The van der Waals surface area contributed by atoms with Crippen LogP contribution in [0, 0.1) is 0 Å². The van der Waals surface area contributed by atoms with Gasteiger partial charge in [-0.25, -0.2) is 4.79 Å². The number of halogens is 1. The van der Waals surface area contributed by atoms with Gasteiger partial charge in [-0.1, -0.05) is 23.7 Å². The van der Waals surface area contributed by atoms with Gasteiger partial charge in [0.25, 0.3) is 5.91 Å². The van der Waals surface area contributed by atoms with Crippen LogP contribution >= 0.6 is 11.6 Å². The summed E-state index contributed by atoms with van der Waals surface area (Å²) in [4.78, 5) is 44.9. The number of piperidine rings is 1. The zero-order valence-electron chi connectivity index (χ0n) is 18.8. The summed E-state index contributed by atoms with van der Waals surface area (Å²) < 4.78 is 0. The summed E-state index contributed by atoms with van der Waals surface area (Å²) in [5.74, 6) is -0.170. The second kappa shape index (κ2) is 9.27. The fraction of sp³-hybridized carbons (Fsp3) is 0.609. The lowest BCUT2D eigenvalue weighted by Crippen LogP contribution is -2.70. The lowest BCUT2D eigenvalue weighted by Gasteiger charge is -2.48.